The maximum Gasteiger partial charge on any atom is 0.285 e. The van der Waals surface area contributed by atoms with Crippen LogP contribution in [0.4, 0.5) is 0 Å². The van der Waals surface area contributed by atoms with Gasteiger partial charge >= 0.3 is 0 Å². The maximum atomic E-state index is 10.0. The number of aliphatic imine (C=N–C) groups is 1. The van der Waals surface area contributed by atoms with Gasteiger partial charge in [-0.3, -0.25) is 0 Å². The van der Waals surface area contributed by atoms with Gasteiger partial charge in [0.15, 0.2) is 5.03 Å². The van der Waals surface area contributed by atoms with Gasteiger partial charge in [0.05, 0.1) is 6.20 Å². The molecule has 0 saturated heterocycles. The van der Waals surface area contributed by atoms with Crippen LogP contribution in [0.3, 0.4) is 0 Å². The van der Waals surface area contributed by atoms with Gasteiger partial charge in [0, 0.05) is 6.21 Å². The zero-order valence-electron chi connectivity index (χ0n) is 4.91. The predicted molar refractivity (Wildman–Crippen MR) is 32.5 cm³/mol. The first-order chi connectivity index (χ1) is 4.72. The van der Waals surface area contributed by atoms with E-state index in [9.17, 15) is 10.1 Å². The quantitative estimate of drug-likeness (QED) is 0.391. The third-order valence-electron chi connectivity index (χ3n) is 0.969. The molecule has 1 rings (SSSR count). The van der Waals surface area contributed by atoms with Gasteiger partial charge in [-0.2, -0.15) is 0 Å². The molecular formula is C4H5N3O3. The molecule has 1 aliphatic heterocycles. The second-order valence-electron chi connectivity index (χ2n) is 1.60. The fraction of sp³-hybridized carbons (Fsp3) is 0.250. The van der Waals surface area contributed by atoms with E-state index in [-0.39, 0.29) is 0 Å². The van der Waals surface area contributed by atoms with Crippen molar-refractivity contribution in [1.29, 1.82) is 0 Å². The molecule has 1 unspecified atom stereocenters. The van der Waals surface area contributed by atoms with Crippen LogP contribution in [0.5, 0.6) is 0 Å². The van der Waals surface area contributed by atoms with Crippen LogP contribution >= 0.6 is 0 Å². The van der Waals surface area contributed by atoms with Gasteiger partial charge in [-0.25, -0.2) is 15.1 Å². The number of aliphatic hydroxyl groups is 1. The molecular weight excluding hydrogens is 138 g/mol. The fourth-order valence-corrected chi connectivity index (χ4v) is 0.537. The predicted octanol–water partition coefficient (Wildman–Crippen LogP) is -0.646. The van der Waals surface area contributed by atoms with Gasteiger partial charge in [-0.1, -0.05) is 5.01 Å². The summed E-state index contributed by atoms with van der Waals surface area (Å²) in [5, 5.41) is 18.5. The van der Waals surface area contributed by atoms with Crippen molar-refractivity contribution in [2.24, 2.45) is 4.99 Å². The van der Waals surface area contributed by atoms with Crippen molar-refractivity contribution < 1.29 is 10.1 Å². The normalized spacial score (nSPS) is 23.3. The molecule has 0 aromatic rings. The number of aliphatic hydroxyl groups excluding tert-OH is 1. The molecule has 0 aromatic heterocycles. The van der Waals surface area contributed by atoms with E-state index in [0.29, 0.717) is 5.01 Å². The van der Waals surface area contributed by atoms with E-state index >= 15 is 0 Å². The summed E-state index contributed by atoms with van der Waals surface area (Å²) in [6.07, 6.45) is 2.41. The number of hydrogen-bond acceptors (Lipinski definition) is 4. The van der Waals surface area contributed by atoms with Crippen LogP contribution in [0, 0.1) is 10.1 Å². The van der Waals surface area contributed by atoms with Crippen molar-refractivity contribution in [1.82, 2.24) is 5.01 Å². The number of allylic oxidation sites excluding steroid dienone is 1. The van der Waals surface area contributed by atoms with Crippen molar-refractivity contribution in [3.63, 3.8) is 0 Å². The van der Waals surface area contributed by atoms with Crippen molar-refractivity contribution in [2.45, 2.75) is 6.35 Å². The van der Waals surface area contributed by atoms with Crippen LogP contribution in [0.1, 0.15) is 0 Å². The third-order valence-corrected chi connectivity index (χ3v) is 0.969. The standard InChI is InChI=1S/C4H5N3O3/c8-4-5-2-1-3-6(4)7(9)10/h1-4,8H. The molecule has 0 spiro atoms. The molecule has 1 N–H and O–H groups in total. The number of hydrazine groups is 1. The summed E-state index contributed by atoms with van der Waals surface area (Å²) in [5.41, 5.74) is 0. The Bertz CT molecular complexity index is 200. The zero-order chi connectivity index (χ0) is 7.56. The van der Waals surface area contributed by atoms with Crippen LogP contribution in [0.25, 0.3) is 0 Å². The third kappa shape index (κ3) is 1.11. The SMILES string of the molecule is O=[N+]([O-])N1C=CC=NC1O. The van der Waals surface area contributed by atoms with Crippen LogP contribution in [-0.4, -0.2) is 27.7 Å². The summed E-state index contributed by atoms with van der Waals surface area (Å²) in [6, 6.07) is 0. The molecule has 0 aromatic carbocycles. The molecule has 0 saturated carbocycles. The Morgan fingerprint density at radius 2 is 2.50 bits per heavy atom. The first-order valence-electron chi connectivity index (χ1n) is 2.52. The number of nitro groups is 1. The molecule has 0 radical (unpaired) electrons. The Labute approximate surface area is 56.2 Å². The molecule has 54 valence electrons. The average Bonchev–Trinajstić information content (AvgIpc) is 1.88. The lowest BCUT2D eigenvalue weighted by Gasteiger charge is -2.13. The minimum Gasteiger partial charge on any atom is -0.351 e. The summed E-state index contributed by atoms with van der Waals surface area (Å²) >= 11 is 0. The zero-order valence-corrected chi connectivity index (χ0v) is 4.91. The Morgan fingerprint density at radius 1 is 1.80 bits per heavy atom. The average molecular weight is 143 g/mol. The van der Waals surface area contributed by atoms with Crippen molar-refractivity contribution in [3.8, 4) is 0 Å². The molecule has 6 nitrogen and oxygen atoms in total. The molecule has 0 bridgehead atoms. The Balaban J connectivity index is 2.70. The molecule has 10 heavy (non-hydrogen) atoms. The van der Waals surface area contributed by atoms with Gasteiger partial charge < -0.3 is 5.11 Å². The molecule has 0 fully saturated rings. The number of nitrogens with zero attached hydrogens (tertiary/aromatic N) is 3. The van der Waals surface area contributed by atoms with E-state index in [1.165, 1.54) is 12.3 Å². The van der Waals surface area contributed by atoms with Gasteiger partial charge in [0.2, 0.25) is 0 Å². The second-order valence-corrected chi connectivity index (χ2v) is 1.60. The van der Waals surface area contributed by atoms with Crippen LogP contribution in [0.15, 0.2) is 17.3 Å². The Kier molecular flexibility index (Phi) is 1.63. The summed E-state index contributed by atoms with van der Waals surface area (Å²) in [4.78, 5) is 13.4. The first-order valence-corrected chi connectivity index (χ1v) is 2.52. The number of hydrogen-bond donors (Lipinski definition) is 1. The van der Waals surface area contributed by atoms with E-state index in [0.717, 1.165) is 6.20 Å². The van der Waals surface area contributed by atoms with Crippen LogP contribution < -0.4 is 0 Å². The van der Waals surface area contributed by atoms with Gasteiger partial charge in [-0.05, 0) is 6.08 Å². The smallest absolute Gasteiger partial charge is 0.285 e. The highest BCUT2D eigenvalue weighted by atomic mass is 16.7. The largest absolute Gasteiger partial charge is 0.351 e. The molecule has 6 heteroatoms. The van der Waals surface area contributed by atoms with Crippen molar-refractivity contribution in [3.05, 3.63) is 22.4 Å². The summed E-state index contributed by atoms with van der Waals surface area (Å²) in [5.74, 6) is 0. The second kappa shape index (κ2) is 2.44. The molecule has 1 heterocycles. The molecule has 1 atom stereocenters. The molecule has 0 aliphatic carbocycles. The molecule has 1 aliphatic rings. The lowest BCUT2D eigenvalue weighted by atomic mass is 10.6. The summed E-state index contributed by atoms with van der Waals surface area (Å²) in [6.45, 7) is 0. The highest BCUT2D eigenvalue weighted by molar-refractivity contribution is 5.71. The monoisotopic (exact) mass is 143 g/mol. The van der Waals surface area contributed by atoms with Crippen LogP contribution in [0.2, 0.25) is 0 Å². The van der Waals surface area contributed by atoms with Crippen LogP contribution in [-0.2, 0) is 0 Å². The van der Waals surface area contributed by atoms with Crippen molar-refractivity contribution >= 4 is 6.21 Å². The fourth-order valence-electron chi connectivity index (χ4n) is 0.537. The van der Waals surface area contributed by atoms with E-state index in [2.05, 4.69) is 4.99 Å². The summed E-state index contributed by atoms with van der Waals surface area (Å²) < 4.78 is 0. The van der Waals surface area contributed by atoms with Gasteiger partial charge in [-0.15, -0.1) is 0 Å². The molecule has 0 amide bonds. The highest BCUT2D eigenvalue weighted by Gasteiger charge is 2.21. The maximum absolute atomic E-state index is 10.0. The van der Waals surface area contributed by atoms with E-state index in [1.54, 1.807) is 0 Å². The van der Waals surface area contributed by atoms with E-state index < -0.39 is 11.4 Å². The minimum absolute atomic E-state index is 0.500. The topological polar surface area (TPSA) is 79.0 Å². The lowest BCUT2D eigenvalue weighted by Crippen LogP contribution is -2.35. The Hall–Kier alpha value is -1.43. The van der Waals surface area contributed by atoms with E-state index in [4.69, 9.17) is 5.11 Å². The lowest BCUT2D eigenvalue weighted by molar-refractivity contribution is -0.658. The van der Waals surface area contributed by atoms with Crippen molar-refractivity contribution in [2.75, 3.05) is 0 Å². The highest BCUT2D eigenvalue weighted by Crippen LogP contribution is 2.01. The summed E-state index contributed by atoms with van der Waals surface area (Å²) in [7, 11) is 0. The minimum atomic E-state index is -1.39. The Morgan fingerprint density at radius 3 is 2.90 bits per heavy atom. The van der Waals surface area contributed by atoms with E-state index in [1.807, 2.05) is 0 Å². The first kappa shape index (κ1) is 6.69. The van der Waals surface area contributed by atoms with Gasteiger partial charge in [0.1, 0.15) is 0 Å². The number of rotatable bonds is 1. The van der Waals surface area contributed by atoms with Gasteiger partial charge in [0.25, 0.3) is 6.35 Å².